The molecule has 0 saturated carbocycles. The minimum absolute atomic E-state index is 0.289. The smallest absolute Gasteiger partial charge is 0.319 e. The van der Waals surface area contributed by atoms with Gasteiger partial charge in [0.1, 0.15) is 5.01 Å². The minimum atomic E-state index is -0.289. The molecule has 0 spiro atoms. The van der Waals surface area contributed by atoms with Crippen LogP contribution in [-0.2, 0) is 6.54 Å². The highest BCUT2D eigenvalue weighted by molar-refractivity contribution is 7.18. The van der Waals surface area contributed by atoms with Crippen molar-refractivity contribution in [3.63, 3.8) is 0 Å². The second-order valence-electron chi connectivity index (χ2n) is 6.24. The third kappa shape index (κ3) is 5.36. The fourth-order valence-corrected chi connectivity index (χ4v) is 3.48. The number of rotatable bonds is 9. The summed E-state index contributed by atoms with van der Waals surface area (Å²) in [6.07, 6.45) is 1.81. The molecule has 1 heterocycles. The van der Waals surface area contributed by atoms with Crippen LogP contribution in [0, 0.1) is 0 Å². The lowest BCUT2D eigenvalue weighted by molar-refractivity contribution is 0.251. The number of anilines is 1. The van der Waals surface area contributed by atoms with E-state index in [1.54, 1.807) is 23.5 Å². The molecule has 7 heteroatoms. The second kappa shape index (κ2) is 9.94. The Morgan fingerprint density at radius 1 is 1.04 bits per heavy atom. The van der Waals surface area contributed by atoms with Crippen LogP contribution < -0.4 is 20.1 Å². The van der Waals surface area contributed by atoms with Gasteiger partial charge in [0.2, 0.25) is 0 Å². The van der Waals surface area contributed by atoms with Crippen LogP contribution in [0.15, 0.2) is 42.5 Å². The number of hydrogen-bond acceptors (Lipinski definition) is 5. The summed E-state index contributed by atoms with van der Waals surface area (Å²) >= 11 is 1.58. The van der Waals surface area contributed by atoms with Gasteiger partial charge in [0.05, 0.1) is 30.0 Å². The Bertz CT molecular complexity index is 893. The first kappa shape index (κ1) is 19.9. The fourth-order valence-electron chi connectivity index (χ4n) is 2.57. The third-order valence-corrected chi connectivity index (χ3v) is 4.90. The van der Waals surface area contributed by atoms with Crippen LogP contribution in [0.4, 0.5) is 10.5 Å². The summed E-state index contributed by atoms with van der Waals surface area (Å²) < 4.78 is 12.6. The number of amides is 2. The van der Waals surface area contributed by atoms with Crippen LogP contribution in [0.25, 0.3) is 10.2 Å². The van der Waals surface area contributed by atoms with Gasteiger partial charge in [0.15, 0.2) is 11.5 Å². The lowest BCUT2D eigenvalue weighted by atomic mass is 10.2. The maximum Gasteiger partial charge on any atom is 0.319 e. The Morgan fingerprint density at radius 2 is 1.79 bits per heavy atom. The highest BCUT2D eigenvalue weighted by atomic mass is 32.1. The lowest BCUT2D eigenvalue weighted by Gasteiger charge is -2.14. The summed E-state index contributed by atoms with van der Waals surface area (Å²) in [6, 6.07) is 13.1. The summed E-state index contributed by atoms with van der Waals surface area (Å²) in [4.78, 5) is 16.8. The van der Waals surface area contributed by atoms with Gasteiger partial charge in [0.25, 0.3) is 0 Å². The molecular formula is C21H25N3O3S. The Balaban J connectivity index is 1.60. The lowest BCUT2D eigenvalue weighted by Crippen LogP contribution is -2.28. The Kier molecular flexibility index (Phi) is 7.08. The number of nitrogens with one attached hydrogen (secondary N) is 2. The molecule has 0 aliphatic rings. The fraction of sp³-hybridized carbons (Fsp3) is 0.333. The summed E-state index contributed by atoms with van der Waals surface area (Å²) in [6.45, 7) is 5.69. The average molecular weight is 400 g/mol. The molecule has 2 N–H and O–H groups in total. The third-order valence-electron chi connectivity index (χ3n) is 3.86. The molecule has 2 aromatic carbocycles. The van der Waals surface area contributed by atoms with Gasteiger partial charge < -0.3 is 20.1 Å². The van der Waals surface area contributed by atoms with E-state index in [9.17, 15) is 4.79 Å². The summed E-state index contributed by atoms with van der Waals surface area (Å²) in [5.74, 6) is 1.33. The molecule has 0 fully saturated rings. The van der Waals surface area contributed by atoms with Gasteiger partial charge in [0, 0.05) is 11.8 Å². The van der Waals surface area contributed by atoms with Crippen molar-refractivity contribution in [2.75, 3.05) is 18.5 Å². The van der Waals surface area contributed by atoms with E-state index in [4.69, 9.17) is 9.47 Å². The number of carbonyl (C=O) groups excluding carboxylic acids is 1. The van der Waals surface area contributed by atoms with Gasteiger partial charge in [-0.3, -0.25) is 0 Å². The van der Waals surface area contributed by atoms with E-state index in [1.807, 2.05) is 37.3 Å². The van der Waals surface area contributed by atoms with E-state index < -0.39 is 0 Å². The summed E-state index contributed by atoms with van der Waals surface area (Å²) in [5.41, 5.74) is 1.60. The van der Waals surface area contributed by atoms with Gasteiger partial charge in [-0.2, -0.15) is 0 Å². The van der Waals surface area contributed by atoms with Crippen molar-refractivity contribution in [1.29, 1.82) is 0 Å². The maximum absolute atomic E-state index is 12.3. The first-order valence-electron chi connectivity index (χ1n) is 9.48. The van der Waals surface area contributed by atoms with E-state index in [0.29, 0.717) is 36.9 Å². The average Bonchev–Trinajstić information content (AvgIpc) is 3.13. The van der Waals surface area contributed by atoms with E-state index in [2.05, 4.69) is 22.5 Å². The van der Waals surface area contributed by atoms with Crippen LogP contribution in [0.1, 0.15) is 31.7 Å². The van der Waals surface area contributed by atoms with Crippen molar-refractivity contribution in [3.05, 3.63) is 47.5 Å². The molecule has 0 bridgehead atoms. The predicted octanol–water partition coefficient (Wildman–Crippen LogP) is 5.20. The molecule has 3 rings (SSSR count). The molecule has 148 valence electrons. The number of hydrogen-bond donors (Lipinski definition) is 2. The zero-order chi connectivity index (χ0) is 19.8. The molecule has 0 atom stereocenters. The maximum atomic E-state index is 12.3. The topological polar surface area (TPSA) is 72.5 Å². The Labute approximate surface area is 168 Å². The van der Waals surface area contributed by atoms with E-state index >= 15 is 0 Å². The Hall–Kier alpha value is -2.80. The normalized spacial score (nSPS) is 10.6. The monoisotopic (exact) mass is 399 g/mol. The van der Waals surface area contributed by atoms with E-state index in [1.165, 1.54) is 0 Å². The summed E-state index contributed by atoms with van der Waals surface area (Å²) in [7, 11) is 0. The van der Waals surface area contributed by atoms with Crippen molar-refractivity contribution in [1.82, 2.24) is 10.3 Å². The molecule has 28 heavy (non-hydrogen) atoms. The van der Waals surface area contributed by atoms with Crippen molar-refractivity contribution in [2.45, 2.75) is 33.2 Å². The van der Waals surface area contributed by atoms with Crippen LogP contribution in [0.3, 0.4) is 0 Å². The van der Waals surface area contributed by atoms with E-state index in [0.717, 1.165) is 28.1 Å². The van der Waals surface area contributed by atoms with Gasteiger partial charge in [-0.05, 0) is 37.1 Å². The number of thiazole rings is 1. The molecule has 0 unspecified atom stereocenters. The number of ether oxygens (including phenoxy) is 2. The molecule has 3 aromatic rings. The van der Waals surface area contributed by atoms with Crippen LogP contribution in [0.2, 0.25) is 0 Å². The quantitative estimate of drug-likeness (QED) is 0.519. The highest BCUT2D eigenvalue weighted by Crippen LogP contribution is 2.31. The van der Waals surface area contributed by atoms with Gasteiger partial charge >= 0.3 is 6.03 Å². The highest BCUT2D eigenvalue weighted by Gasteiger charge is 2.10. The number of urea groups is 1. The first-order valence-corrected chi connectivity index (χ1v) is 10.3. The molecule has 0 aliphatic heterocycles. The molecule has 6 nitrogen and oxygen atoms in total. The van der Waals surface area contributed by atoms with E-state index in [-0.39, 0.29) is 6.03 Å². The first-order chi connectivity index (χ1) is 13.7. The SMILES string of the molecule is CCCOc1ccc(NC(=O)NCc2nc3ccccc3s2)cc1OCCC. The standard InChI is InChI=1S/C21H25N3O3S/c1-3-11-26-17-10-9-15(13-18(17)27-12-4-2)23-21(25)22-14-20-24-16-7-5-6-8-19(16)28-20/h5-10,13H,3-4,11-12,14H2,1-2H3,(H2,22,23,25). The molecule has 0 saturated heterocycles. The number of carbonyl (C=O) groups is 1. The van der Waals surface area contributed by atoms with Gasteiger partial charge in [-0.1, -0.05) is 26.0 Å². The second-order valence-corrected chi connectivity index (χ2v) is 7.36. The van der Waals surface area contributed by atoms with Gasteiger partial charge in [-0.15, -0.1) is 11.3 Å². The van der Waals surface area contributed by atoms with Crippen molar-refractivity contribution in [3.8, 4) is 11.5 Å². The molecule has 0 radical (unpaired) electrons. The zero-order valence-electron chi connectivity index (χ0n) is 16.2. The molecule has 0 aliphatic carbocycles. The number of nitrogens with zero attached hydrogens (tertiary/aromatic N) is 1. The predicted molar refractivity (Wildman–Crippen MR) is 113 cm³/mol. The zero-order valence-corrected chi connectivity index (χ0v) is 17.0. The van der Waals surface area contributed by atoms with Crippen molar-refractivity contribution < 1.29 is 14.3 Å². The Morgan fingerprint density at radius 3 is 2.54 bits per heavy atom. The largest absolute Gasteiger partial charge is 0.490 e. The van der Waals surface area contributed by atoms with Crippen molar-refractivity contribution >= 4 is 33.3 Å². The number of benzene rings is 2. The molecule has 1 aromatic heterocycles. The number of aromatic nitrogens is 1. The van der Waals surface area contributed by atoms with Crippen LogP contribution >= 0.6 is 11.3 Å². The van der Waals surface area contributed by atoms with Crippen LogP contribution in [0.5, 0.6) is 11.5 Å². The van der Waals surface area contributed by atoms with Crippen LogP contribution in [-0.4, -0.2) is 24.2 Å². The summed E-state index contributed by atoms with van der Waals surface area (Å²) in [5, 5.41) is 6.55. The van der Waals surface area contributed by atoms with Crippen molar-refractivity contribution in [2.24, 2.45) is 0 Å². The number of para-hydroxylation sites is 1. The van der Waals surface area contributed by atoms with Gasteiger partial charge in [-0.25, -0.2) is 9.78 Å². The minimum Gasteiger partial charge on any atom is -0.490 e. The molecular weight excluding hydrogens is 374 g/mol. The number of fused-ring (bicyclic) bond motifs is 1. The molecule has 2 amide bonds.